The first-order valence-electron chi connectivity index (χ1n) is 5.35. The van der Waals surface area contributed by atoms with E-state index in [-0.39, 0.29) is 5.69 Å². The minimum Gasteiger partial charge on any atom is -0.395 e. The van der Waals surface area contributed by atoms with Gasteiger partial charge in [0.15, 0.2) is 0 Å². The third-order valence-electron chi connectivity index (χ3n) is 3.07. The fourth-order valence-corrected chi connectivity index (χ4v) is 2.07. The quantitative estimate of drug-likeness (QED) is 0.643. The monoisotopic (exact) mass is 229 g/mol. The Morgan fingerprint density at radius 2 is 1.88 bits per heavy atom. The zero-order valence-electron chi connectivity index (χ0n) is 9.04. The van der Waals surface area contributed by atoms with Crippen molar-refractivity contribution in [2.75, 3.05) is 23.0 Å². The van der Waals surface area contributed by atoms with Gasteiger partial charge in [-0.05, 0) is 17.7 Å². The van der Waals surface area contributed by atoms with Crippen molar-refractivity contribution in [3.63, 3.8) is 0 Å². The van der Waals surface area contributed by atoms with E-state index in [4.69, 9.17) is 5.73 Å². The van der Waals surface area contributed by atoms with Gasteiger partial charge in [0.2, 0.25) is 10.9 Å². The molecule has 0 atom stereocenters. The second kappa shape index (κ2) is 3.35. The van der Waals surface area contributed by atoms with Gasteiger partial charge in [-0.1, -0.05) is 6.07 Å². The van der Waals surface area contributed by atoms with Crippen LogP contribution in [0, 0.1) is 0 Å². The van der Waals surface area contributed by atoms with Gasteiger partial charge in [-0.2, -0.15) is 0 Å². The van der Waals surface area contributed by atoms with E-state index in [0.717, 1.165) is 16.9 Å². The Hall–Kier alpha value is -2.30. The number of benzene rings is 1. The summed E-state index contributed by atoms with van der Waals surface area (Å²) >= 11 is 0. The predicted molar refractivity (Wildman–Crippen MR) is 67.1 cm³/mol. The lowest BCUT2D eigenvalue weighted by Gasteiger charge is -2.08. The first kappa shape index (κ1) is 9.89. The van der Waals surface area contributed by atoms with E-state index < -0.39 is 10.9 Å². The molecule has 5 nitrogen and oxygen atoms in total. The van der Waals surface area contributed by atoms with Gasteiger partial charge in [-0.3, -0.25) is 9.59 Å². The highest BCUT2D eigenvalue weighted by Crippen LogP contribution is 2.27. The molecule has 5 heteroatoms. The van der Waals surface area contributed by atoms with Gasteiger partial charge in [-0.15, -0.1) is 0 Å². The number of nitrogens with two attached hydrogens (primary N) is 1. The summed E-state index contributed by atoms with van der Waals surface area (Å²) in [6.45, 7) is 0.709. The standard InChI is InChI=1S/C12H11N3O2/c13-10-7(11(16)12(10)17)3-6-1-2-8-9(4-6)15-5-14-8/h1-2,4,14-15H,3,5,13H2. The lowest BCUT2D eigenvalue weighted by Crippen LogP contribution is -2.38. The molecule has 86 valence electrons. The average Bonchev–Trinajstić information content (AvgIpc) is 2.81. The van der Waals surface area contributed by atoms with Crippen molar-refractivity contribution in [1.29, 1.82) is 0 Å². The zero-order chi connectivity index (χ0) is 12.0. The third kappa shape index (κ3) is 1.39. The van der Waals surface area contributed by atoms with Crippen LogP contribution < -0.4 is 27.2 Å². The molecule has 0 radical (unpaired) electrons. The maximum Gasteiger partial charge on any atom is 0.249 e. The summed E-state index contributed by atoms with van der Waals surface area (Å²) in [5.74, 6) is 0. The summed E-state index contributed by atoms with van der Waals surface area (Å²) in [6, 6.07) is 5.84. The van der Waals surface area contributed by atoms with Crippen molar-refractivity contribution in [3.05, 3.63) is 49.8 Å². The van der Waals surface area contributed by atoms with Crippen molar-refractivity contribution in [2.45, 2.75) is 6.42 Å². The maximum absolute atomic E-state index is 11.3. The van der Waals surface area contributed by atoms with Gasteiger partial charge in [0, 0.05) is 12.0 Å². The second-order valence-corrected chi connectivity index (χ2v) is 4.14. The fraction of sp³-hybridized carbons (Fsp3) is 0.167. The molecular formula is C12H11N3O2. The molecule has 0 aliphatic carbocycles. The topological polar surface area (TPSA) is 84.2 Å². The summed E-state index contributed by atoms with van der Waals surface area (Å²) in [5.41, 5.74) is 8.07. The largest absolute Gasteiger partial charge is 0.395 e. The summed E-state index contributed by atoms with van der Waals surface area (Å²) in [5, 5.41) is 6.34. The van der Waals surface area contributed by atoms with E-state index in [1.54, 1.807) is 0 Å². The molecule has 0 saturated carbocycles. The van der Waals surface area contributed by atoms with Crippen molar-refractivity contribution >= 4 is 17.1 Å². The summed E-state index contributed by atoms with van der Waals surface area (Å²) in [4.78, 5) is 22.3. The van der Waals surface area contributed by atoms with E-state index in [2.05, 4.69) is 10.6 Å². The Balaban J connectivity index is 1.92. The molecule has 0 spiro atoms. The van der Waals surface area contributed by atoms with Crippen molar-refractivity contribution in [1.82, 2.24) is 0 Å². The van der Waals surface area contributed by atoms with E-state index in [0.29, 0.717) is 18.7 Å². The Morgan fingerprint density at radius 3 is 2.65 bits per heavy atom. The average molecular weight is 229 g/mol. The van der Waals surface area contributed by atoms with Crippen LogP contribution in [0.5, 0.6) is 0 Å². The maximum atomic E-state index is 11.3. The third-order valence-corrected chi connectivity index (χ3v) is 3.07. The Kier molecular flexibility index (Phi) is 1.95. The zero-order valence-corrected chi connectivity index (χ0v) is 9.04. The minimum absolute atomic E-state index is 0.113. The van der Waals surface area contributed by atoms with Crippen LogP contribution in [-0.4, -0.2) is 6.67 Å². The molecule has 0 bridgehead atoms. The van der Waals surface area contributed by atoms with Gasteiger partial charge in [0.25, 0.3) is 0 Å². The van der Waals surface area contributed by atoms with Crippen molar-refractivity contribution < 1.29 is 0 Å². The smallest absolute Gasteiger partial charge is 0.249 e. The molecule has 0 unspecified atom stereocenters. The number of hydrogen-bond donors (Lipinski definition) is 3. The Labute approximate surface area is 97.0 Å². The highest BCUT2D eigenvalue weighted by atomic mass is 16.2. The number of fused-ring (bicyclic) bond motifs is 1. The van der Waals surface area contributed by atoms with Gasteiger partial charge in [-0.25, -0.2) is 0 Å². The van der Waals surface area contributed by atoms with Crippen LogP contribution >= 0.6 is 0 Å². The number of hydrogen-bond acceptors (Lipinski definition) is 5. The van der Waals surface area contributed by atoms with E-state index in [1.165, 1.54) is 0 Å². The van der Waals surface area contributed by atoms with Crippen LogP contribution in [-0.2, 0) is 6.42 Å². The molecule has 0 amide bonds. The molecule has 2 aromatic carbocycles. The highest BCUT2D eigenvalue weighted by molar-refractivity contribution is 5.74. The van der Waals surface area contributed by atoms with Crippen LogP contribution in [0.25, 0.3) is 0 Å². The van der Waals surface area contributed by atoms with Gasteiger partial charge in [0.05, 0.1) is 23.7 Å². The lowest BCUT2D eigenvalue weighted by molar-refractivity contribution is 1.13. The molecule has 1 heterocycles. The Morgan fingerprint density at radius 1 is 1.12 bits per heavy atom. The van der Waals surface area contributed by atoms with Crippen molar-refractivity contribution in [3.8, 4) is 0 Å². The van der Waals surface area contributed by atoms with Crippen molar-refractivity contribution in [2.24, 2.45) is 0 Å². The minimum atomic E-state index is -0.555. The normalized spacial score (nSPS) is 13.2. The highest BCUT2D eigenvalue weighted by Gasteiger charge is 2.18. The van der Waals surface area contributed by atoms with Gasteiger partial charge >= 0.3 is 0 Å². The van der Waals surface area contributed by atoms with E-state index >= 15 is 0 Å². The number of nitrogens with one attached hydrogen (secondary N) is 2. The number of anilines is 3. The van der Waals surface area contributed by atoms with Crippen LogP contribution in [0.1, 0.15) is 11.1 Å². The first-order chi connectivity index (χ1) is 8.16. The molecule has 1 aliphatic rings. The van der Waals surface area contributed by atoms with E-state index in [9.17, 15) is 9.59 Å². The molecule has 0 aromatic heterocycles. The number of rotatable bonds is 2. The molecule has 17 heavy (non-hydrogen) atoms. The predicted octanol–water partition coefficient (Wildman–Crippen LogP) is 0.250. The fourth-order valence-electron chi connectivity index (χ4n) is 2.07. The summed E-state index contributed by atoms with van der Waals surface area (Å²) < 4.78 is 0. The molecule has 0 saturated heterocycles. The molecule has 0 fully saturated rings. The Bertz CT molecular complexity index is 669. The van der Waals surface area contributed by atoms with Crippen LogP contribution in [0.2, 0.25) is 0 Å². The van der Waals surface area contributed by atoms with Crippen LogP contribution in [0.3, 0.4) is 0 Å². The van der Waals surface area contributed by atoms with Gasteiger partial charge in [0.1, 0.15) is 0 Å². The van der Waals surface area contributed by atoms with Crippen LogP contribution in [0.4, 0.5) is 17.1 Å². The molecule has 2 aromatic rings. The lowest BCUT2D eigenvalue weighted by atomic mass is 9.98. The second-order valence-electron chi connectivity index (χ2n) is 4.14. The SMILES string of the molecule is Nc1c(Cc2ccc3c(c2)NCN3)c(=O)c1=O. The molecule has 1 aliphatic heterocycles. The van der Waals surface area contributed by atoms with Gasteiger partial charge < -0.3 is 16.4 Å². The number of nitrogen functional groups attached to an aromatic ring is 1. The first-order valence-corrected chi connectivity index (χ1v) is 5.35. The summed E-state index contributed by atoms with van der Waals surface area (Å²) in [7, 11) is 0. The molecular weight excluding hydrogens is 218 g/mol. The summed E-state index contributed by atoms with van der Waals surface area (Å²) in [6.07, 6.45) is 0.422. The van der Waals surface area contributed by atoms with E-state index in [1.807, 2.05) is 18.2 Å². The molecule has 3 rings (SSSR count). The molecule has 4 N–H and O–H groups in total. The van der Waals surface area contributed by atoms with Crippen LogP contribution in [0.15, 0.2) is 27.8 Å².